The van der Waals surface area contributed by atoms with E-state index in [-0.39, 0.29) is 17.6 Å². The first-order chi connectivity index (χ1) is 12.6. The van der Waals surface area contributed by atoms with E-state index in [0.29, 0.717) is 19.6 Å². The van der Waals surface area contributed by atoms with Crippen LogP contribution in [0.15, 0.2) is 30.3 Å². The maximum absolute atomic E-state index is 13.7. The maximum atomic E-state index is 13.7. The number of amides is 1. The molecule has 1 amide bonds. The third-order valence-electron chi connectivity index (χ3n) is 5.24. The van der Waals surface area contributed by atoms with Gasteiger partial charge in [-0.2, -0.15) is 0 Å². The molecule has 0 aliphatic carbocycles. The minimum absolute atomic E-state index is 0.0575. The Morgan fingerprint density at radius 1 is 1.27 bits per heavy atom. The van der Waals surface area contributed by atoms with Gasteiger partial charge in [-0.1, -0.05) is 6.07 Å². The highest BCUT2D eigenvalue weighted by atomic mass is 19.1. The van der Waals surface area contributed by atoms with Crippen LogP contribution >= 0.6 is 0 Å². The van der Waals surface area contributed by atoms with Crippen LogP contribution in [-0.2, 0) is 17.6 Å². The Hall–Kier alpha value is -2.56. The number of benzene rings is 2. The van der Waals surface area contributed by atoms with Crippen LogP contribution in [-0.4, -0.2) is 26.2 Å². The largest absolute Gasteiger partial charge is 0.497 e. The molecule has 5 heteroatoms. The van der Waals surface area contributed by atoms with Crippen LogP contribution in [0.4, 0.5) is 10.1 Å². The van der Waals surface area contributed by atoms with Gasteiger partial charge in [-0.05, 0) is 61.1 Å². The molecule has 0 spiro atoms. The van der Waals surface area contributed by atoms with Crippen molar-refractivity contribution in [1.29, 1.82) is 0 Å². The predicted molar refractivity (Wildman–Crippen MR) is 97.5 cm³/mol. The molecule has 0 saturated carbocycles. The van der Waals surface area contributed by atoms with Gasteiger partial charge in [-0.3, -0.25) is 4.79 Å². The van der Waals surface area contributed by atoms with Crippen molar-refractivity contribution in [2.75, 3.05) is 25.2 Å². The normalized spacial score (nSPS) is 18.6. The molecule has 136 valence electrons. The maximum Gasteiger partial charge on any atom is 0.233 e. The summed E-state index contributed by atoms with van der Waals surface area (Å²) >= 11 is 0. The van der Waals surface area contributed by atoms with E-state index in [1.807, 2.05) is 30.0 Å². The van der Waals surface area contributed by atoms with E-state index < -0.39 is 0 Å². The van der Waals surface area contributed by atoms with E-state index in [9.17, 15) is 9.18 Å². The van der Waals surface area contributed by atoms with Gasteiger partial charge in [0.25, 0.3) is 0 Å². The van der Waals surface area contributed by atoms with Crippen LogP contribution in [0.5, 0.6) is 11.5 Å². The van der Waals surface area contributed by atoms with E-state index in [4.69, 9.17) is 9.47 Å². The number of aryl methyl sites for hydroxylation is 2. The summed E-state index contributed by atoms with van der Waals surface area (Å²) < 4.78 is 24.8. The van der Waals surface area contributed by atoms with Crippen molar-refractivity contribution >= 4 is 11.6 Å². The van der Waals surface area contributed by atoms with Gasteiger partial charge < -0.3 is 14.4 Å². The lowest BCUT2D eigenvalue weighted by Gasteiger charge is -2.35. The monoisotopic (exact) mass is 355 g/mol. The number of hydrogen-bond donors (Lipinski definition) is 0. The molecule has 0 fully saturated rings. The van der Waals surface area contributed by atoms with Crippen molar-refractivity contribution in [3.63, 3.8) is 0 Å². The Labute approximate surface area is 152 Å². The van der Waals surface area contributed by atoms with E-state index in [0.717, 1.165) is 46.7 Å². The molecule has 2 aliphatic rings. The standard InChI is InChI=1S/C21H22FNO3/c1-13-8-17(22)10-15-4-3-7-23(20(13)15)21(24)16-9-14-5-6-18(25-2)11-19(14)26-12-16/h5-6,8,10-11,16H,3-4,7,9,12H2,1-2H3. The number of halogens is 1. The van der Waals surface area contributed by atoms with Crippen LogP contribution in [0.25, 0.3) is 0 Å². The van der Waals surface area contributed by atoms with Crippen LogP contribution < -0.4 is 14.4 Å². The highest BCUT2D eigenvalue weighted by Gasteiger charge is 2.33. The second-order valence-electron chi connectivity index (χ2n) is 7.01. The molecule has 2 aliphatic heterocycles. The summed E-state index contributed by atoms with van der Waals surface area (Å²) in [6, 6.07) is 8.76. The van der Waals surface area contributed by atoms with Crippen LogP contribution in [0.3, 0.4) is 0 Å². The molecule has 2 aromatic rings. The highest BCUT2D eigenvalue weighted by molar-refractivity contribution is 5.97. The molecule has 0 N–H and O–H groups in total. The fourth-order valence-electron chi connectivity index (χ4n) is 4.00. The van der Waals surface area contributed by atoms with Crippen molar-refractivity contribution in [3.8, 4) is 11.5 Å². The number of fused-ring (bicyclic) bond motifs is 2. The Kier molecular flexibility index (Phi) is 4.31. The highest BCUT2D eigenvalue weighted by Crippen LogP contribution is 2.35. The number of rotatable bonds is 2. The van der Waals surface area contributed by atoms with Crippen LogP contribution in [0.2, 0.25) is 0 Å². The Balaban J connectivity index is 1.60. The number of methoxy groups -OCH3 is 1. The lowest BCUT2D eigenvalue weighted by Crippen LogP contribution is -2.43. The number of hydrogen-bond acceptors (Lipinski definition) is 3. The topological polar surface area (TPSA) is 38.8 Å². The molecule has 4 nitrogen and oxygen atoms in total. The van der Waals surface area contributed by atoms with E-state index in [2.05, 4.69) is 0 Å². The Bertz CT molecular complexity index is 865. The molecule has 1 atom stereocenters. The molecule has 0 aromatic heterocycles. The lowest BCUT2D eigenvalue weighted by molar-refractivity contribution is -0.123. The van der Waals surface area contributed by atoms with Crippen LogP contribution in [0.1, 0.15) is 23.1 Å². The fraction of sp³-hybridized carbons (Fsp3) is 0.381. The number of anilines is 1. The molecule has 0 saturated heterocycles. The quantitative estimate of drug-likeness (QED) is 0.825. The SMILES string of the molecule is COc1ccc2c(c1)OCC(C(=O)N1CCCc3cc(F)cc(C)c31)C2. The van der Waals surface area contributed by atoms with Gasteiger partial charge in [-0.15, -0.1) is 0 Å². The first-order valence-corrected chi connectivity index (χ1v) is 8.97. The van der Waals surface area contributed by atoms with Crippen molar-refractivity contribution in [1.82, 2.24) is 0 Å². The summed E-state index contributed by atoms with van der Waals surface area (Å²) in [4.78, 5) is 15.0. The second kappa shape index (κ2) is 6.63. The first kappa shape index (κ1) is 16.9. The third kappa shape index (κ3) is 2.91. The van der Waals surface area contributed by atoms with E-state index in [1.165, 1.54) is 6.07 Å². The summed E-state index contributed by atoms with van der Waals surface area (Å²) in [7, 11) is 1.62. The van der Waals surface area contributed by atoms with E-state index in [1.54, 1.807) is 13.2 Å². The van der Waals surface area contributed by atoms with Gasteiger partial charge in [0.1, 0.15) is 23.9 Å². The Morgan fingerprint density at radius 3 is 2.92 bits per heavy atom. The number of carbonyl (C=O) groups excluding carboxylic acids is 1. The molecule has 2 aromatic carbocycles. The summed E-state index contributed by atoms with van der Waals surface area (Å²) in [6.45, 7) is 2.89. The molecular weight excluding hydrogens is 333 g/mol. The van der Waals surface area contributed by atoms with Gasteiger partial charge in [0.05, 0.1) is 13.0 Å². The summed E-state index contributed by atoms with van der Waals surface area (Å²) in [6.07, 6.45) is 2.30. The van der Waals surface area contributed by atoms with Gasteiger partial charge >= 0.3 is 0 Å². The molecule has 2 heterocycles. The van der Waals surface area contributed by atoms with Gasteiger partial charge in [-0.25, -0.2) is 4.39 Å². The van der Waals surface area contributed by atoms with Gasteiger partial charge in [0.2, 0.25) is 5.91 Å². The second-order valence-corrected chi connectivity index (χ2v) is 7.01. The zero-order valence-electron chi connectivity index (χ0n) is 15.0. The fourth-order valence-corrected chi connectivity index (χ4v) is 4.00. The zero-order valence-corrected chi connectivity index (χ0v) is 15.0. The minimum Gasteiger partial charge on any atom is -0.497 e. The number of carbonyl (C=O) groups is 1. The third-order valence-corrected chi connectivity index (χ3v) is 5.24. The van der Waals surface area contributed by atoms with E-state index >= 15 is 0 Å². The smallest absolute Gasteiger partial charge is 0.233 e. The number of nitrogens with zero attached hydrogens (tertiary/aromatic N) is 1. The van der Waals surface area contributed by atoms with Crippen molar-refractivity contribution in [2.24, 2.45) is 5.92 Å². The first-order valence-electron chi connectivity index (χ1n) is 8.97. The Morgan fingerprint density at radius 2 is 2.12 bits per heavy atom. The average Bonchev–Trinajstić information content (AvgIpc) is 2.65. The zero-order chi connectivity index (χ0) is 18.3. The van der Waals surface area contributed by atoms with Crippen molar-refractivity contribution in [2.45, 2.75) is 26.2 Å². The lowest BCUT2D eigenvalue weighted by atomic mass is 9.92. The van der Waals surface area contributed by atoms with Crippen LogP contribution in [0, 0.1) is 18.7 Å². The van der Waals surface area contributed by atoms with Gasteiger partial charge in [0.15, 0.2) is 0 Å². The molecule has 4 rings (SSSR count). The molecular formula is C21H22FNO3. The summed E-state index contributed by atoms with van der Waals surface area (Å²) in [5, 5.41) is 0. The summed E-state index contributed by atoms with van der Waals surface area (Å²) in [5.41, 5.74) is 3.63. The van der Waals surface area contributed by atoms with Gasteiger partial charge in [0, 0.05) is 18.3 Å². The average molecular weight is 355 g/mol. The predicted octanol–water partition coefficient (Wildman–Crippen LogP) is 3.67. The molecule has 26 heavy (non-hydrogen) atoms. The number of ether oxygens (including phenoxy) is 2. The molecule has 1 unspecified atom stereocenters. The van der Waals surface area contributed by atoms with Crippen molar-refractivity contribution < 1.29 is 18.7 Å². The molecule has 0 radical (unpaired) electrons. The van der Waals surface area contributed by atoms with Crippen molar-refractivity contribution in [3.05, 3.63) is 52.8 Å². The summed E-state index contributed by atoms with van der Waals surface area (Å²) in [5.74, 6) is 1.12. The minimum atomic E-state index is -0.237. The molecule has 0 bridgehead atoms.